The summed E-state index contributed by atoms with van der Waals surface area (Å²) in [5.74, 6) is -0.507. The van der Waals surface area contributed by atoms with Gasteiger partial charge in [0.25, 0.3) is 0 Å². The van der Waals surface area contributed by atoms with Gasteiger partial charge in [-0.2, -0.15) is 0 Å². The zero-order chi connectivity index (χ0) is 16.7. The number of hydrogen-bond donors (Lipinski definition) is 3. The molecule has 0 saturated heterocycles. The van der Waals surface area contributed by atoms with Crippen molar-refractivity contribution in [3.8, 4) is 5.75 Å². The number of halogens is 1. The van der Waals surface area contributed by atoms with Gasteiger partial charge in [-0.15, -0.1) is 12.4 Å². The van der Waals surface area contributed by atoms with E-state index in [9.17, 15) is 9.59 Å². The molecular formula is C16H25ClN2O4. The molecule has 0 aliphatic rings. The van der Waals surface area contributed by atoms with Crippen LogP contribution in [0.2, 0.25) is 0 Å². The highest BCUT2D eigenvalue weighted by molar-refractivity contribution is 5.85. The SMILES string of the molecule is Cc1cccc(C)c1OCC(C)NC(=O)[C@@H](N)CCC(=O)O.Cl. The smallest absolute Gasteiger partial charge is 0.303 e. The van der Waals surface area contributed by atoms with Crippen molar-refractivity contribution >= 4 is 24.3 Å². The molecule has 0 aliphatic carbocycles. The van der Waals surface area contributed by atoms with Crippen molar-refractivity contribution in [2.24, 2.45) is 5.73 Å². The molecule has 0 aromatic heterocycles. The fourth-order valence-corrected chi connectivity index (χ4v) is 2.04. The van der Waals surface area contributed by atoms with Crippen LogP contribution in [0.15, 0.2) is 18.2 Å². The fourth-order valence-electron chi connectivity index (χ4n) is 2.04. The summed E-state index contributed by atoms with van der Waals surface area (Å²) in [6, 6.07) is 4.85. The van der Waals surface area contributed by atoms with Crippen molar-refractivity contribution in [3.63, 3.8) is 0 Å². The van der Waals surface area contributed by atoms with Gasteiger partial charge in [0.15, 0.2) is 0 Å². The van der Waals surface area contributed by atoms with Gasteiger partial charge in [-0.3, -0.25) is 9.59 Å². The summed E-state index contributed by atoms with van der Waals surface area (Å²) in [4.78, 5) is 22.3. The molecule has 130 valence electrons. The monoisotopic (exact) mass is 344 g/mol. The molecule has 6 nitrogen and oxygen atoms in total. The highest BCUT2D eigenvalue weighted by Gasteiger charge is 2.17. The van der Waals surface area contributed by atoms with Gasteiger partial charge in [0.1, 0.15) is 12.4 Å². The molecule has 0 radical (unpaired) electrons. The van der Waals surface area contributed by atoms with Crippen molar-refractivity contribution in [1.82, 2.24) is 5.32 Å². The van der Waals surface area contributed by atoms with Crippen molar-refractivity contribution in [1.29, 1.82) is 0 Å². The number of para-hydroxylation sites is 1. The number of carboxylic acid groups (broad SMARTS) is 1. The van der Waals surface area contributed by atoms with Crippen molar-refractivity contribution in [2.45, 2.75) is 45.7 Å². The van der Waals surface area contributed by atoms with Crippen LogP contribution in [0.3, 0.4) is 0 Å². The Morgan fingerprint density at radius 1 is 1.30 bits per heavy atom. The molecule has 1 aromatic rings. The third kappa shape index (κ3) is 7.34. The van der Waals surface area contributed by atoms with Gasteiger partial charge >= 0.3 is 5.97 Å². The first-order valence-electron chi connectivity index (χ1n) is 7.28. The minimum absolute atomic E-state index is 0. The molecule has 1 rings (SSSR count). The lowest BCUT2D eigenvalue weighted by Gasteiger charge is -2.19. The Kier molecular flexibility index (Phi) is 9.29. The molecule has 7 heteroatoms. The number of carbonyl (C=O) groups excluding carboxylic acids is 1. The van der Waals surface area contributed by atoms with E-state index in [-0.39, 0.29) is 37.2 Å². The number of ether oxygens (including phenoxy) is 1. The molecule has 0 aliphatic heterocycles. The average molecular weight is 345 g/mol. The molecule has 1 aromatic carbocycles. The molecule has 0 spiro atoms. The van der Waals surface area contributed by atoms with Gasteiger partial charge in [0.2, 0.25) is 5.91 Å². The second kappa shape index (κ2) is 10.1. The predicted molar refractivity (Wildman–Crippen MR) is 91.1 cm³/mol. The summed E-state index contributed by atoms with van der Waals surface area (Å²) in [6.07, 6.45) is -0.00643. The molecule has 2 atom stereocenters. The first-order chi connectivity index (χ1) is 10.3. The van der Waals surface area contributed by atoms with Crippen LogP contribution in [0.5, 0.6) is 5.75 Å². The van der Waals surface area contributed by atoms with Crippen molar-refractivity contribution < 1.29 is 19.4 Å². The Morgan fingerprint density at radius 2 is 1.87 bits per heavy atom. The van der Waals surface area contributed by atoms with Gasteiger partial charge in [-0.25, -0.2) is 0 Å². The fraction of sp³-hybridized carbons (Fsp3) is 0.500. The third-order valence-corrected chi connectivity index (χ3v) is 3.28. The van der Waals surface area contributed by atoms with E-state index in [2.05, 4.69) is 5.32 Å². The molecule has 0 saturated carbocycles. The van der Waals surface area contributed by atoms with E-state index in [1.807, 2.05) is 39.0 Å². The summed E-state index contributed by atoms with van der Waals surface area (Å²) >= 11 is 0. The second-order valence-electron chi connectivity index (χ2n) is 5.48. The normalized spacial score (nSPS) is 12.7. The number of rotatable bonds is 8. The zero-order valence-corrected chi connectivity index (χ0v) is 14.5. The quantitative estimate of drug-likeness (QED) is 0.667. The Bertz CT molecular complexity index is 517. The number of nitrogens with two attached hydrogens (primary N) is 1. The predicted octanol–water partition coefficient (Wildman–Crippen LogP) is 1.80. The van der Waals surface area contributed by atoms with Crippen LogP contribution < -0.4 is 15.8 Å². The van der Waals surface area contributed by atoms with E-state index >= 15 is 0 Å². The Labute approximate surface area is 142 Å². The van der Waals surface area contributed by atoms with E-state index in [1.54, 1.807) is 0 Å². The number of nitrogens with one attached hydrogen (secondary N) is 1. The van der Waals surface area contributed by atoms with E-state index in [4.69, 9.17) is 15.6 Å². The topological polar surface area (TPSA) is 102 Å². The highest BCUT2D eigenvalue weighted by Crippen LogP contribution is 2.22. The summed E-state index contributed by atoms with van der Waals surface area (Å²) in [5.41, 5.74) is 7.73. The van der Waals surface area contributed by atoms with Gasteiger partial charge < -0.3 is 20.9 Å². The lowest BCUT2D eigenvalue weighted by atomic mass is 10.1. The third-order valence-electron chi connectivity index (χ3n) is 3.28. The summed E-state index contributed by atoms with van der Waals surface area (Å²) in [6.45, 7) is 6.07. The molecule has 0 heterocycles. The van der Waals surface area contributed by atoms with Crippen LogP contribution >= 0.6 is 12.4 Å². The highest BCUT2D eigenvalue weighted by atomic mass is 35.5. The van der Waals surface area contributed by atoms with Gasteiger partial charge in [0, 0.05) is 6.42 Å². The van der Waals surface area contributed by atoms with Crippen LogP contribution in [-0.4, -0.2) is 35.7 Å². The standard InChI is InChI=1S/C16H24N2O4.ClH/c1-10-5-4-6-11(2)15(10)22-9-12(3)18-16(21)13(17)7-8-14(19)20;/h4-6,12-13H,7-9,17H2,1-3H3,(H,18,21)(H,19,20);1H/t12?,13-;/m0./s1. The molecule has 4 N–H and O–H groups in total. The van der Waals surface area contributed by atoms with Crippen molar-refractivity contribution in [3.05, 3.63) is 29.3 Å². The van der Waals surface area contributed by atoms with E-state index in [0.717, 1.165) is 16.9 Å². The van der Waals surface area contributed by atoms with Crippen LogP contribution in [0.4, 0.5) is 0 Å². The molecule has 1 unspecified atom stereocenters. The maximum Gasteiger partial charge on any atom is 0.303 e. The number of benzene rings is 1. The number of hydrogen-bond acceptors (Lipinski definition) is 4. The number of carboxylic acids is 1. The lowest BCUT2D eigenvalue weighted by molar-refractivity contribution is -0.137. The lowest BCUT2D eigenvalue weighted by Crippen LogP contribution is -2.46. The average Bonchev–Trinajstić information content (AvgIpc) is 2.44. The molecule has 0 fully saturated rings. The maximum absolute atomic E-state index is 11.8. The van der Waals surface area contributed by atoms with Crippen molar-refractivity contribution in [2.75, 3.05) is 6.61 Å². The summed E-state index contributed by atoms with van der Waals surface area (Å²) in [7, 11) is 0. The maximum atomic E-state index is 11.8. The zero-order valence-electron chi connectivity index (χ0n) is 13.7. The van der Waals surface area contributed by atoms with Crippen LogP contribution in [0.25, 0.3) is 0 Å². The van der Waals surface area contributed by atoms with Gasteiger partial charge in [0.05, 0.1) is 12.1 Å². The van der Waals surface area contributed by atoms with E-state index in [1.165, 1.54) is 0 Å². The molecule has 23 heavy (non-hydrogen) atoms. The van der Waals surface area contributed by atoms with Crippen LogP contribution in [0.1, 0.15) is 30.9 Å². The largest absolute Gasteiger partial charge is 0.491 e. The Balaban J connectivity index is 0.00000484. The molecular weight excluding hydrogens is 320 g/mol. The number of aryl methyl sites for hydroxylation is 2. The summed E-state index contributed by atoms with van der Waals surface area (Å²) < 4.78 is 5.76. The minimum Gasteiger partial charge on any atom is -0.491 e. The summed E-state index contributed by atoms with van der Waals surface area (Å²) in [5, 5.41) is 11.3. The molecule has 0 bridgehead atoms. The van der Waals surface area contributed by atoms with Crippen LogP contribution in [-0.2, 0) is 9.59 Å². The molecule has 1 amide bonds. The van der Waals surface area contributed by atoms with Gasteiger partial charge in [-0.05, 0) is 38.3 Å². The van der Waals surface area contributed by atoms with E-state index in [0.29, 0.717) is 6.61 Å². The number of carbonyl (C=O) groups is 2. The number of amides is 1. The van der Waals surface area contributed by atoms with Gasteiger partial charge in [-0.1, -0.05) is 18.2 Å². The van der Waals surface area contributed by atoms with E-state index < -0.39 is 12.0 Å². The second-order valence-corrected chi connectivity index (χ2v) is 5.48. The first-order valence-corrected chi connectivity index (χ1v) is 7.28. The number of aliphatic carboxylic acids is 1. The Hall–Kier alpha value is -1.79. The minimum atomic E-state index is -0.963. The Morgan fingerprint density at radius 3 is 2.39 bits per heavy atom. The van der Waals surface area contributed by atoms with Crippen LogP contribution in [0, 0.1) is 13.8 Å². The first kappa shape index (κ1) is 21.2.